The molecular formula is C25H34N2O2. The highest BCUT2D eigenvalue weighted by atomic mass is 16.5. The fourth-order valence-electron chi connectivity index (χ4n) is 3.66. The fourth-order valence-corrected chi connectivity index (χ4v) is 3.66. The van der Waals surface area contributed by atoms with Crippen LogP contribution in [0, 0.1) is 5.92 Å². The highest BCUT2D eigenvalue weighted by Crippen LogP contribution is 2.19. The van der Waals surface area contributed by atoms with Crippen LogP contribution in [-0.4, -0.2) is 36.5 Å². The van der Waals surface area contributed by atoms with Gasteiger partial charge in [-0.2, -0.15) is 0 Å². The SMILES string of the molecule is CC(C)COc1ccc(C(=O)NCCc2ccc(CN3CCCC3C)cc2)cc1. The molecule has 0 spiro atoms. The Morgan fingerprint density at radius 1 is 1.10 bits per heavy atom. The van der Waals surface area contributed by atoms with Gasteiger partial charge in [0.2, 0.25) is 0 Å². The molecule has 1 aliphatic rings. The second-order valence-electron chi connectivity index (χ2n) is 8.51. The van der Waals surface area contributed by atoms with Crippen molar-refractivity contribution in [2.75, 3.05) is 19.7 Å². The predicted molar refractivity (Wildman–Crippen MR) is 118 cm³/mol. The summed E-state index contributed by atoms with van der Waals surface area (Å²) >= 11 is 0. The first-order valence-electron chi connectivity index (χ1n) is 10.8. The van der Waals surface area contributed by atoms with Gasteiger partial charge in [-0.25, -0.2) is 0 Å². The lowest BCUT2D eigenvalue weighted by Gasteiger charge is -2.21. The number of nitrogens with one attached hydrogen (secondary N) is 1. The number of likely N-dealkylation sites (tertiary alicyclic amines) is 1. The molecule has 1 atom stereocenters. The first-order valence-corrected chi connectivity index (χ1v) is 10.8. The van der Waals surface area contributed by atoms with Gasteiger partial charge in [-0.05, 0) is 74.0 Å². The van der Waals surface area contributed by atoms with Crippen molar-refractivity contribution in [1.82, 2.24) is 10.2 Å². The molecule has 1 aliphatic heterocycles. The second-order valence-corrected chi connectivity index (χ2v) is 8.51. The van der Waals surface area contributed by atoms with Crippen LogP contribution in [0.25, 0.3) is 0 Å². The Kier molecular flexibility index (Phi) is 7.70. The summed E-state index contributed by atoms with van der Waals surface area (Å²) in [5.41, 5.74) is 3.28. The van der Waals surface area contributed by atoms with E-state index in [1.165, 1.54) is 30.5 Å². The maximum Gasteiger partial charge on any atom is 0.251 e. The Hall–Kier alpha value is -2.33. The topological polar surface area (TPSA) is 41.6 Å². The average molecular weight is 395 g/mol. The summed E-state index contributed by atoms with van der Waals surface area (Å²) in [6.07, 6.45) is 3.46. The molecule has 1 fully saturated rings. The maximum absolute atomic E-state index is 12.3. The van der Waals surface area contributed by atoms with E-state index in [9.17, 15) is 4.79 Å². The molecule has 156 valence electrons. The lowest BCUT2D eigenvalue weighted by Crippen LogP contribution is -2.26. The largest absolute Gasteiger partial charge is 0.493 e. The summed E-state index contributed by atoms with van der Waals surface area (Å²) < 4.78 is 5.66. The van der Waals surface area contributed by atoms with Crippen molar-refractivity contribution in [3.05, 3.63) is 65.2 Å². The number of hydrogen-bond acceptors (Lipinski definition) is 3. The molecule has 2 aromatic rings. The summed E-state index contributed by atoms with van der Waals surface area (Å²) in [5.74, 6) is 1.24. The highest BCUT2D eigenvalue weighted by Gasteiger charge is 2.19. The first-order chi connectivity index (χ1) is 14.0. The van der Waals surface area contributed by atoms with E-state index in [0.717, 1.165) is 18.7 Å². The molecule has 0 radical (unpaired) electrons. The van der Waals surface area contributed by atoms with Gasteiger partial charge < -0.3 is 10.1 Å². The van der Waals surface area contributed by atoms with E-state index in [2.05, 4.69) is 55.3 Å². The van der Waals surface area contributed by atoms with E-state index in [0.29, 0.717) is 30.7 Å². The van der Waals surface area contributed by atoms with Crippen molar-refractivity contribution in [2.24, 2.45) is 5.92 Å². The Labute approximate surface area is 175 Å². The van der Waals surface area contributed by atoms with Gasteiger partial charge in [-0.1, -0.05) is 38.1 Å². The molecule has 29 heavy (non-hydrogen) atoms. The monoisotopic (exact) mass is 394 g/mol. The quantitative estimate of drug-likeness (QED) is 0.671. The zero-order chi connectivity index (χ0) is 20.6. The van der Waals surface area contributed by atoms with Crippen LogP contribution >= 0.6 is 0 Å². The summed E-state index contributed by atoms with van der Waals surface area (Å²) in [6, 6.07) is 16.9. The van der Waals surface area contributed by atoms with Gasteiger partial charge in [-0.15, -0.1) is 0 Å². The molecule has 3 rings (SSSR count). The highest BCUT2D eigenvalue weighted by molar-refractivity contribution is 5.94. The van der Waals surface area contributed by atoms with Crippen LogP contribution in [-0.2, 0) is 13.0 Å². The minimum absolute atomic E-state index is 0.0416. The lowest BCUT2D eigenvalue weighted by atomic mass is 10.1. The van der Waals surface area contributed by atoms with Crippen LogP contribution in [0.2, 0.25) is 0 Å². The molecule has 0 aromatic heterocycles. The molecule has 0 saturated carbocycles. The van der Waals surface area contributed by atoms with Gasteiger partial charge in [0, 0.05) is 24.7 Å². The summed E-state index contributed by atoms with van der Waals surface area (Å²) in [6.45, 7) is 10.1. The molecule has 1 amide bonds. The van der Waals surface area contributed by atoms with Crippen molar-refractivity contribution in [3.8, 4) is 5.75 Å². The van der Waals surface area contributed by atoms with Gasteiger partial charge in [0.15, 0.2) is 0 Å². The number of rotatable bonds is 9. The average Bonchev–Trinajstić information content (AvgIpc) is 3.12. The van der Waals surface area contributed by atoms with Crippen LogP contribution in [0.5, 0.6) is 5.75 Å². The van der Waals surface area contributed by atoms with Gasteiger partial charge in [0.05, 0.1) is 6.61 Å². The van der Waals surface area contributed by atoms with Crippen LogP contribution in [0.15, 0.2) is 48.5 Å². The Morgan fingerprint density at radius 2 is 1.79 bits per heavy atom. The minimum atomic E-state index is -0.0416. The van der Waals surface area contributed by atoms with Crippen molar-refractivity contribution in [1.29, 1.82) is 0 Å². The van der Waals surface area contributed by atoms with Gasteiger partial charge >= 0.3 is 0 Å². The number of amides is 1. The number of carbonyl (C=O) groups excluding carboxylic acids is 1. The van der Waals surface area contributed by atoms with Gasteiger partial charge in [0.25, 0.3) is 5.91 Å². The number of benzene rings is 2. The van der Waals surface area contributed by atoms with E-state index >= 15 is 0 Å². The Morgan fingerprint density at radius 3 is 2.41 bits per heavy atom. The lowest BCUT2D eigenvalue weighted by molar-refractivity contribution is 0.0954. The zero-order valence-corrected chi connectivity index (χ0v) is 18.0. The van der Waals surface area contributed by atoms with E-state index in [1.54, 1.807) is 0 Å². The Bertz CT molecular complexity index is 768. The maximum atomic E-state index is 12.3. The van der Waals surface area contributed by atoms with E-state index < -0.39 is 0 Å². The van der Waals surface area contributed by atoms with Crippen molar-refractivity contribution in [3.63, 3.8) is 0 Å². The van der Waals surface area contributed by atoms with Crippen LogP contribution in [0.4, 0.5) is 0 Å². The fraction of sp³-hybridized carbons (Fsp3) is 0.480. The number of hydrogen-bond donors (Lipinski definition) is 1. The number of carbonyl (C=O) groups is 1. The molecule has 0 bridgehead atoms. The predicted octanol–water partition coefficient (Wildman–Crippen LogP) is 4.68. The van der Waals surface area contributed by atoms with Gasteiger partial charge in [0.1, 0.15) is 5.75 Å². The third-order valence-electron chi connectivity index (χ3n) is 5.50. The minimum Gasteiger partial charge on any atom is -0.493 e. The van der Waals surface area contributed by atoms with E-state index in [-0.39, 0.29) is 5.91 Å². The third-order valence-corrected chi connectivity index (χ3v) is 5.50. The molecule has 0 aliphatic carbocycles. The smallest absolute Gasteiger partial charge is 0.251 e. The van der Waals surface area contributed by atoms with Crippen LogP contribution in [0.1, 0.15) is 55.1 Å². The van der Waals surface area contributed by atoms with Crippen LogP contribution < -0.4 is 10.1 Å². The first kappa shape index (κ1) is 21.4. The molecule has 4 nitrogen and oxygen atoms in total. The molecule has 1 saturated heterocycles. The molecule has 1 N–H and O–H groups in total. The molecular weight excluding hydrogens is 360 g/mol. The van der Waals surface area contributed by atoms with Crippen molar-refractivity contribution in [2.45, 2.75) is 52.6 Å². The summed E-state index contributed by atoms with van der Waals surface area (Å²) in [4.78, 5) is 14.9. The normalized spacial score (nSPS) is 16.9. The van der Waals surface area contributed by atoms with Crippen molar-refractivity contribution >= 4 is 5.91 Å². The Balaban J connectivity index is 1.41. The number of nitrogens with zero attached hydrogens (tertiary/aromatic N) is 1. The number of ether oxygens (including phenoxy) is 1. The molecule has 1 unspecified atom stereocenters. The van der Waals surface area contributed by atoms with Crippen LogP contribution in [0.3, 0.4) is 0 Å². The second kappa shape index (κ2) is 10.4. The zero-order valence-electron chi connectivity index (χ0n) is 18.0. The summed E-state index contributed by atoms with van der Waals surface area (Å²) in [5, 5.41) is 3.01. The van der Waals surface area contributed by atoms with Crippen molar-refractivity contribution < 1.29 is 9.53 Å². The molecule has 1 heterocycles. The van der Waals surface area contributed by atoms with Gasteiger partial charge in [-0.3, -0.25) is 9.69 Å². The van der Waals surface area contributed by atoms with E-state index in [4.69, 9.17) is 4.74 Å². The summed E-state index contributed by atoms with van der Waals surface area (Å²) in [7, 11) is 0. The molecule has 4 heteroatoms. The standard InChI is InChI=1S/C25H34N2O2/c1-19(2)18-29-24-12-10-23(11-13-24)25(28)26-15-14-21-6-8-22(9-7-21)17-27-16-4-5-20(27)3/h6-13,19-20H,4-5,14-18H2,1-3H3,(H,26,28). The molecule has 2 aromatic carbocycles. The third kappa shape index (κ3) is 6.60. The van der Waals surface area contributed by atoms with E-state index in [1.807, 2.05) is 24.3 Å².